The highest BCUT2D eigenvalue weighted by atomic mass is 32.1. The molecule has 2 aromatic carbocycles. The zero-order chi connectivity index (χ0) is 24.8. The van der Waals surface area contributed by atoms with E-state index in [-0.39, 0.29) is 18.9 Å². The van der Waals surface area contributed by atoms with E-state index in [1.54, 1.807) is 0 Å². The fourth-order valence-electron chi connectivity index (χ4n) is 5.47. The zero-order valence-corrected chi connectivity index (χ0v) is 21.4. The molecule has 0 unspecified atom stereocenters. The van der Waals surface area contributed by atoms with Crippen molar-refractivity contribution in [1.29, 1.82) is 0 Å². The lowest BCUT2D eigenvalue weighted by atomic mass is 9.96. The van der Waals surface area contributed by atoms with Crippen LogP contribution in [0.4, 0.5) is 5.69 Å². The van der Waals surface area contributed by atoms with E-state index >= 15 is 0 Å². The molecule has 0 saturated carbocycles. The highest BCUT2D eigenvalue weighted by Crippen LogP contribution is 2.46. The summed E-state index contributed by atoms with van der Waals surface area (Å²) < 4.78 is 13.6. The molecule has 2 aliphatic rings. The monoisotopic (exact) mass is 496 g/mol. The van der Waals surface area contributed by atoms with Gasteiger partial charge < -0.3 is 24.3 Å². The summed E-state index contributed by atoms with van der Waals surface area (Å²) in [6.45, 7) is 6.80. The molecule has 0 bridgehead atoms. The molecule has 36 heavy (non-hydrogen) atoms. The van der Waals surface area contributed by atoms with Gasteiger partial charge in [-0.1, -0.05) is 31.2 Å². The second-order valence-corrected chi connectivity index (χ2v) is 9.57. The minimum Gasteiger partial charge on any atom is -0.454 e. The first-order valence-corrected chi connectivity index (χ1v) is 12.6. The van der Waals surface area contributed by atoms with Crippen LogP contribution in [0.3, 0.4) is 0 Å². The molecule has 0 spiro atoms. The highest BCUT2D eigenvalue weighted by Gasteiger charge is 2.42. The molecule has 0 aliphatic carbocycles. The summed E-state index contributed by atoms with van der Waals surface area (Å²) in [7, 11) is 0. The topological polar surface area (TPSA) is 51.6 Å². The Morgan fingerprint density at radius 3 is 2.61 bits per heavy atom. The van der Waals surface area contributed by atoms with E-state index in [1.165, 1.54) is 28.2 Å². The summed E-state index contributed by atoms with van der Waals surface area (Å²) in [5.41, 5.74) is 8.03. The fourth-order valence-corrected chi connectivity index (χ4v) is 5.82. The third kappa shape index (κ3) is 3.62. The Kier molecular flexibility index (Phi) is 5.64. The molecule has 6 nitrogen and oxygen atoms in total. The van der Waals surface area contributed by atoms with Gasteiger partial charge in [-0.05, 0) is 80.0 Å². The Hall–Kier alpha value is -3.84. The summed E-state index contributed by atoms with van der Waals surface area (Å²) >= 11 is 5.93. The Bertz CT molecular complexity index is 1450. The van der Waals surface area contributed by atoms with E-state index in [9.17, 15) is 0 Å². The molecule has 2 atom stereocenters. The van der Waals surface area contributed by atoms with Gasteiger partial charge in [0, 0.05) is 35.0 Å². The van der Waals surface area contributed by atoms with E-state index in [2.05, 4.69) is 72.0 Å². The van der Waals surface area contributed by atoms with Crippen molar-refractivity contribution in [3.63, 3.8) is 0 Å². The smallest absolute Gasteiger partial charge is 0.231 e. The lowest BCUT2D eigenvalue weighted by molar-refractivity contribution is 0.174. The van der Waals surface area contributed by atoms with Gasteiger partial charge in [-0.3, -0.25) is 4.98 Å². The van der Waals surface area contributed by atoms with E-state index < -0.39 is 0 Å². The molecule has 4 aromatic rings. The molecular weight excluding hydrogens is 468 g/mol. The van der Waals surface area contributed by atoms with Crippen molar-refractivity contribution in [2.24, 2.45) is 0 Å². The number of hydrogen-bond acceptors (Lipinski definition) is 4. The molecule has 0 radical (unpaired) electrons. The van der Waals surface area contributed by atoms with Crippen LogP contribution >= 0.6 is 12.2 Å². The van der Waals surface area contributed by atoms with Crippen molar-refractivity contribution in [1.82, 2.24) is 14.9 Å². The van der Waals surface area contributed by atoms with Crippen LogP contribution in [0.5, 0.6) is 11.5 Å². The van der Waals surface area contributed by atoms with E-state index in [4.69, 9.17) is 26.7 Å². The molecule has 0 amide bonds. The number of benzene rings is 2. The molecule has 7 heteroatoms. The van der Waals surface area contributed by atoms with Gasteiger partial charge in [0.25, 0.3) is 0 Å². The maximum atomic E-state index is 5.93. The number of hydrogen-bond donors (Lipinski definition) is 1. The maximum absolute atomic E-state index is 5.93. The van der Waals surface area contributed by atoms with Crippen LogP contribution in [0.2, 0.25) is 0 Å². The van der Waals surface area contributed by atoms with E-state index in [0.29, 0.717) is 5.11 Å². The van der Waals surface area contributed by atoms with Crippen molar-refractivity contribution >= 4 is 23.0 Å². The Labute approximate surface area is 216 Å². The predicted molar refractivity (Wildman–Crippen MR) is 145 cm³/mol. The summed E-state index contributed by atoms with van der Waals surface area (Å²) in [4.78, 5) is 6.89. The number of nitrogens with one attached hydrogen (secondary N) is 1. The first-order valence-electron chi connectivity index (χ1n) is 12.2. The standard InChI is InChI=1S/C29H28N4O2S/c1-4-20-9-5-6-11-24(20)32-18(2)15-22(19(32)3)28-27(23-10-7-8-14-30-23)31-29(36)33(28)21-12-13-25-26(16-21)35-17-34-25/h5-16,27-28H,4,17H2,1-3H3,(H,31,36)/t27-,28-/m0/s1. The number of rotatable bonds is 5. The largest absolute Gasteiger partial charge is 0.454 e. The first-order chi connectivity index (χ1) is 17.6. The summed E-state index contributed by atoms with van der Waals surface area (Å²) in [6.07, 6.45) is 2.80. The molecule has 1 saturated heterocycles. The second-order valence-electron chi connectivity index (χ2n) is 9.18. The van der Waals surface area contributed by atoms with Crippen molar-refractivity contribution < 1.29 is 9.47 Å². The summed E-state index contributed by atoms with van der Waals surface area (Å²) in [5, 5.41) is 4.23. The van der Waals surface area contributed by atoms with E-state index in [1.807, 2.05) is 36.5 Å². The third-order valence-electron chi connectivity index (χ3n) is 7.13. The minimum atomic E-state index is -0.112. The van der Waals surface area contributed by atoms with Gasteiger partial charge in [0.2, 0.25) is 6.79 Å². The summed E-state index contributed by atoms with van der Waals surface area (Å²) in [6, 6.07) is 22.7. The van der Waals surface area contributed by atoms with Crippen LogP contribution in [0.1, 0.15) is 47.2 Å². The number of aryl methyl sites for hydroxylation is 2. The number of anilines is 1. The molecule has 1 fully saturated rings. The number of fused-ring (bicyclic) bond motifs is 1. The van der Waals surface area contributed by atoms with Crippen LogP contribution in [0, 0.1) is 13.8 Å². The lowest BCUT2D eigenvalue weighted by Crippen LogP contribution is -2.29. The Balaban J connectivity index is 1.52. The van der Waals surface area contributed by atoms with Crippen LogP contribution in [0.25, 0.3) is 5.69 Å². The van der Waals surface area contributed by atoms with Crippen molar-refractivity contribution in [3.05, 3.63) is 101 Å². The number of ether oxygens (including phenoxy) is 2. The van der Waals surface area contributed by atoms with Gasteiger partial charge >= 0.3 is 0 Å². The Morgan fingerprint density at radius 2 is 1.81 bits per heavy atom. The van der Waals surface area contributed by atoms with Crippen LogP contribution in [-0.2, 0) is 6.42 Å². The van der Waals surface area contributed by atoms with Crippen LogP contribution in [-0.4, -0.2) is 21.5 Å². The normalized spacial score (nSPS) is 18.5. The molecular formula is C29H28N4O2S. The van der Waals surface area contributed by atoms with Gasteiger partial charge in [-0.2, -0.15) is 0 Å². The van der Waals surface area contributed by atoms with Gasteiger partial charge in [0.1, 0.15) is 0 Å². The van der Waals surface area contributed by atoms with E-state index in [0.717, 1.165) is 29.3 Å². The number of thiocarbonyl (C=S) groups is 1. The first kappa shape index (κ1) is 22.6. The van der Waals surface area contributed by atoms with Gasteiger partial charge in [-0.25, -0.2) is 0 Å². The van der Waals surface area contributed by atoms with Crippen molar-refractivity contribution in [3.8, 4) is 17.2 Å². The fraction of sp³-hybridized carbons (Fsp3) is 0.241. The van der Waals surface area contributed by atoms with Crippen LogP contribution in [0.15, 0.2) is 72.9 Å². The minimum absolute atomic E-state index is 0.0958. The molecule has 182 valence electrons. The SMILES string of the molecule is CCc1ccccc1-n1c(C)cc([C@H]2[C@H](c3ccccn3)NC(=S)N2c2ccc3c(c2)OCO3)c1C. The van der Waals surface area contributed by atoms with Gasteiger partial charge in [0.15, 0.2) is 16.6 Å². The molecule has 2 aromatic heterocycles. The number of aromatic nitrogens is 2. The van der Waals surface area contributed by atoms with Gasteiger partial charge in [0.05, 0.1) is 17.8 Å². The van der Waals surface area contributed by atoms with Crippen molar-refractivity contribution in [2.75, 3.05) is 11.7 Å². The molecule has 6 rings (SSSR count). The predicted octanol–water partition coefficient (Wildman–Crippen LogP) is 5.96. The number of para-hydroxylation sites is 1. The average Bonchev–Trinajstić information content (AvgIpc) is 3.59. The summed E-state index contributed by atoms with van der Waals surface area (Å²) in [5.74, 6) is 1.49. The van der Waals surface area contributed by atoms with Gasteiger partial charge in [-0.15, -0.1) is 0 Å². The molecule has 1 N–H and O–H groups in total. The average molecular weight is 497 g/mol. The second kappa shape index (κ2) is 8.99. The maximum Gasteiger partial charge on any atom is 0.231 e. The lowest BCUT2D eigenvalue weighted by Gasteiger charge is -2.28. The van der Waals surface area contributed by atoms with Crippen LogP contribution < -0.4 is 19.7 Å². The highest BCUT2D eigenvalue weighted by molar-refractivity contribution is 7.80. The zero-order valence-electron chi connectivity index (χ0n) is 20.6. The molecule has 2 aliphatic heterocycles. The quantitative estimate of drug-likeness (QED) is 0.344. The number of pyridine rings is 1. The number of nitrogens with zero attached hydrogens (tertiary/aromatic N) is 3. The Morgan fingerprint density at radius 1 is 1.00 bits per heavy atom. The van der Waals surface area contributed by atoms with Crippen molar-refractivity contribution in [2.45, 2.75) is 39.3 Å². The molecule has 4 heterocycles. The third-order valence-corrected chi connectivity index (χ3v) is 7.45.